The van der Waals surface area contributed by atoms with Gasteiger partial charge in [0.05, 0.1) is 12.7 Å². The van der Waals surface area contributed by atoms with E-state index in [1.807, 2.05) is 54.6 Å². The quantitative estimate of drug-likeness (QED) is 0.756. The molecule has 1 N–H and O–H groups in total. The zero-order valence-corrected chi connectivity index (χ0v) is 13.2. The normalized spacial score (nSPS) is 11.9. The Morgan fingerprint density at radius 1 is 1.00 bits per heavy atom. The van der Waals surface area contributed by atoms with Crippen LogP contribution in [0.4, 0.5) is 0 Å². The smallest absolute Gasteiger partial charge is 0.225 e. The molecule has 0 aliphatic heterocycles. The van der Waals surface area contributed by atoms with Crippen molar-refractivity contribution >= 4 is 17.5 Å². The van der Waals surface area contributed by atoms with E-state index in [4.69, 9.17) is 16.0 Å². The molecule has 3 nitrogen and oxygen atoms in total. The van der Waals surface area contributed by atoms with Gasteiger partial charge >= 0.3 is 0 Å². The monoisotopic (exact) mass is 325 g/mol. The minimum atomic E-state index is -0.300. The first-order valence-electron chi connectivity index (χ1n) is 7.34. The van der Waals surface area contributed by atoms with Crippen molar-refractivity contribution in [3.8, 4) is 0 Å². The molecule has 0 spiro atoms. The molecular formula is C19H16ClNO2. The highest BCUT2D eigenvalue weighted by Gasteiger charge is 2.19. The van der Waals surface area contributed by atoms with E-state index in [9.17, 15) is 4.79 Å². The lowest BCUT2D eigenvalue weighted by Crippen LogP contribution is -2.30. The van der Waals surface area contributed by atoms with Crippen molar-refractivity contribution in [2.24, 2.45) is 0 Å². The zero-order chi connectivity index (χ0) is 16.1. The number of carbonyl (C=O) groups excluding carboxylic acids is 1. The van der Waals surface area contributed by atoms with Crippen LogP contribution in [0.1, 0.15) is 22.9 Å². The van der Waals surface area contributed by atoms with E-state index >= 15 is 0 Å². The Hall–Kier alpha value is -2.52. The second-order valence-corrected chi connectivity index (χ2v) is 5.67. The molecule has 3 aromatic rings. The molecule has 0 saturated carbocycles. The molecule has 0 aliphatic rings. The van der Waals surface area contributed by atoms with Crippen LogP contribution in [0, 0.1) is 0 Å². The number of furan rings is 1. The lowest BCUT2D eigenvalue weighted by molar-refractivity contribution is -0.121. The molecule has 0 bridgehead atoms. The third-order valence-corrected chi connectivity index (χ3v) is 3.80. The van der Waals surface area contributed by atoms with Gasteiger partial charge < -0.3 is 9.73 Å². The maximum absolute atomic E-state index is 12.4. The Labute approximate surface area is 139 Å². The van der Waals surface area contributed by atoms with Crippen LogP contribution in [0.5, 0.6) is 0 Å². The predicted molar refractivity (Wildman–Crippen MR) is 90.3 cm³/mol. The first-order chi connectivity index (χ1) is 11.2. The minimum absolute atomic E-state index is 0.0717. The van der Waals surface area contributed by atoms with Crippen LogP contribution in [-0.2, 0) is 11.2 Å². The van der Waals surface area contributed by atoms with Crippen molar-refractivity contribution in [1.82, 2.24) is 5.32 Å². The summed E-state index contributed by atoms with van der Waals surface area (Å²) >= 11 is 5.87. The topological polar surface area (TPSA) is 42.2 Å². The SMILES string of the molecule is O=C(Cc1ccc(Cl)cc1)N[C@H](c1ccccc1)c1ccco1. The van der Waals surface area contributed by atoms with Crippen LogP contribution in [0.2, 0.25) is 5.02 Å². The number of rotatable bonds is 5. The lowest BCUT2D eigenvalue weighted by Gasteiger charge is -2.17. The molecule has 116 valence electrons. The summed E-state index contributed by atoms with van der Waals surface area (Å²) in [4.78, 5) is 12.4. The average molecular weight is 326 g/mol. The largest absolute Gasteiger partial charge is 0.467 e. The van der Waals surface area contributed by atoms with Crippen molar-refractivity contribution in [3.05, 3.63) is 94.9 Å². The zero-order valence-electron chi connectivity index (χ0n) is 12.4. The molecule has 23 heavy (non-hydrogen) atoms. The third-order valence-electron chi connectivity index (χ3n) is 3.54. The molecule has 1 atom stereocenters. The van der Waals surface area contributed by atoms with Gasteiger partial charge in [-0.1, -0.05) is 54.1 Å². The summed E-state index contributed by atoms with van der Waals surface area (Å²) in [6.45, 7) is 0. The van der Waals surface area contributed by atoms with Gasteiger partial charge in [-0.15, -0.1) is 0 Å². The van der Waals surface area contributed by atoms with Gasteiger partial charge in [0.2, 0.25) is 5.91 Å². The number of halogens is 1. The first kappa shape index (κ1) is 15.4. The fourth-order valence-electron chi connectivity index (χ4n) is 2.42. The molecule has 4 heteroatoms. The summed E-state index contributed by atoms with van der Waals surface area (Å²) in [6.07, 6.45) is 1.90. The summed E-state index contributed by atoms with van der Waals surface area (Å²) < 4.78 is 5.48. The van der Waals surface area contributed by atoms with E-state index in [-0.39, 0.29) is 11.9 Å². The maximum Gasteiger partial charge on any atom is 0.225 e. The van der Waals surface area contributed by atoms with E-state index in [1.54, 1.807) is 18.4 Å². The highest BCUT2D eigenvalue weighted by Crippen LogP contribution is 2.22. The van der Waals surface area contributed by atoms with Crippen LogP contribution in [0.3, 0.4) is 0 Å². The van der Waals surface area contributed by atoms with E-state index in [2.05, 4.69) is 5.32 Å². The maximum atomic E-state index is 12.4. The Bertz CT molecular complexity index is 752. The summed E-state index contributed by atoms with van der Waals surface area (Å²) in [5, 5.41) is 3.69. The molecule has 3 rings (SSSR count). The van der Waals surface area contributed by atoms with Crippen molar-refractivity contribution in [2.45, 2.75) is 12.5 Å². The van der Waals surface area contributed by atoms with Crippen molar-refractivity contribution in [3.63, 3.8) is 0 Å². The molecule has 1 heterocycles. The Balaban J connectivity index is 1.76. The molecule has 1 amide bonds. The van der Waals surface area contributed by atoms with Crippen LogP contribution in [-0.4, -0.2) is 5.91 Å². The van der Waals surface area contributed by atoms with Gasteiger partial charge in [0.1, 0.15) is 11.8 Å². The minimum Gasteiger partial charge on any atom is -0.467 e. The summed E-state index contributed by atoms with van der Waals surface area (Å²) in [7, 11) is 0. The standard InChI is InChI=1S/C19H16ClNO2/c20-16-10-8-14(9-11-16)13-18(22)21-19(17-7-4-12-23-17)15-5-2-1-3-6-15/h1-12,19H,13H2,(H,21,22)/t19-/m1/s1. The molecule has 0 aliphatic carbocycles. The van der Waals surface area contributed by atoms with Crippen molar-refractivity contribution in [1.29, 1.82) is 0 Å². The number of carbonyl (C=O) groups is 1. The van der Waals surface area contributed by atoms with E-state index < -0.39 is 0 Å². The molecule has 2 aromatic carbocycles. The summed E-state index contributed by atoms with van der Waals surface area (Å²) in [5.41, 5.74) is 1.89. The number of amides is 1. The lowest BCUT2D eigenvalue weighted by atomic mass is 10.0. The van der Waals surface area contributed by atoms with Crippen LogP contribution in [0.15, 0.2) is 77.4 Å². The Morgan fingerprint density at radius 3 is 2.39 bits per heavy atom. The summed E-state index contributed by atoms with van der Waals surface area (Å²) in [6, 6.07) is 20.4. The number of hydrogen-bond donors (Lipinski definition) is 1. The molecule has 0 unspecified atom stereocenters. The molecule has 0 radical (unpaired) electrons. The van der Waals surface area contributed by atoms with Gasteiger partial charge in [-0.25, -0.2) is 0 Å². The second-order valence-electron chi connectivity index (χ2n) is 5.23. The molecular weight excluding hydrogens is 310 g/mol. The number of benzene rings is 2. The Kier molecular flexibility index (Phi) is 4.79. The van der Waals surface area contributed by atoms with Gasteiger partial charge in [-0.2, -0.15) is 0 Å². The number of nitrogens with one attached hydrogen (secondary N) is 1. The van der Waals surface area contributed by atoms with E-state index in [0.29, 0.717) is 17.2 Å². The second kappa shape index (κ2) is 7.16. The van der Waals surface area contributed by atoms with Gasteiger partial charge in [0, 0.05) is 5.02 Å². The van der Waals surface area contributed by atoms with Gasteiger partial charge in [-0.05, 0) is 35.4 Å². The summed E-state index contributed by atoms with van der Waals surface area (Å²) in [5.74, 6) is 0.637. The highest BCUT2D eigenvalue weighted by atomic mass is 35.5. The van der Waals surface area contributed by atoms with Crippen molar-refractivity contribution in [2.75, 3.05) is 0 Å². The first-order valence-corrected chi connectivity index (χ1v) is 7.72. The number of hydrogen-bond acceptors (Lipinski definition) is 2. The molecule has 0 fully saturated rings. The fraction of sp³-hybridized carbons (Fsp3) is 0.105. The van der Waals surface area contributed by atoms with Crippen LogP contribution >= 0.6 is 11.6 Å². The predicted octanol–water partition coefficient (Wildman–Crippen LogP) is 4.38. The van der Waals surface area contributed by atoms with Gasteiger partial charge in [0.15, 0.2) is 0 Å². The van der Waals surface area contributed by atoms with Crippen LogP contribution < -0.4 is 5.32 Å². The Morgan fingerprint density at radius 2 is 1.74 bits per heavy atom. The van der Waals surface area contributed by atoms with E-state index in [1.165, 1.54) is 0 Å². The average Bonchev–Trinajstić information content (AvgIpc) is 3.10. The van der Waals surface area contributed by atoms with E-state index in [0.717, 1.165) is 11.1 Å². The molecule has 0 saturated heterocycles. The fourth-order valence-corrected chi connectivity index (χ4v) is 2.55. The van der Waals surface area contributed by atoms with Gasteiger partial charge in [0.25, 0.3) is 0 Å². The molecule has 1 aromatic heterocycles. The highest BCUT2D eigenvalue weighted by molar-refractivity contribution is 6.30. The van der Waals surface area contributed by atoms with Gasteiger partial charge in [-0.3, -0.25) is 4.79 Å². The van der Waals surface area contributed by atoms with Crippen molar-refractivity contribution < 1.29 is 9.21 Å². The third kappa shape index (κ3) is 4.02. The van der Waals surface area contributed by atoms with Crippen LogP contribution in [0.25, 0.3) is 0 Å².